The predicted molar refractivity (Wildman–Crippen MR) is 97.7 cm³/mol. The maximum Gasteiger partial charge on any atom is 0.118 e. The monoisotopic (exact) mass is 320 g/mol. The molecule has 0 atom stereocenters. The Morgan fingerprint density at radius 1 is 1.12 bits per heavy atom. The zero-order chi connectivity index (χ0) is 16.6. The molecule has 0 radical (unpaired) electrons. The highest BCUT2D eigenvalue weighted by Gasteiger charge is 1.98. The highest BCUT2D eigenvalue weighted by Crippen LogP contribution is 2.18. The van der Waals surface area contributed by atoms with Crippen molar-refractivity contribution in [1.29, 1.82) is 0 Å². The Bertz CT molecular complexity index is 762. The topological polar surface area (TPSA) is 62.3 Å². The fraction of sp³-hybridized carbons (Fsp3) is 0.158. The van der Waals surface area contributed by atoms with E-state index in [4.69, 9.17) is 4.74 Å². The van der Waals surface area contributed by atoms with E-state index in [1.807, 2.05) is 42.6 Å². The maximum atomic E-state index is 5.15. The van der Waals surface area contributed by atoms with Crippen LogP contribution < -0.4 is 10.1 Å². The molecule has 2 N–H and O–H groups in total. The Morgan fingerprint density at radius 3 is 2.58 bits per heavy atom. The lowest BCUT2D eigenvalue weighted by Gasteiger charge is -2.03. The Hall–Kier alpha value is -3.08. The lowest BCUT2D eigenvalue weighted by atomic mass is 10.1. The first kappa shape index (κ1) is 15.8. The van der Waals surface area contributed by atoms with Crippen LogP contribution in [0.25, 0.3) is 11.3 Å². The van der Waals surface area contributed by atoms with Crippen LogP contribution in [0.3, 0.4) is 0 Å². The maximum absolute atomic E-state index is 5.15. The van der Waals surface area contributed by atoms with Gasteiger partial charge in [-0.15, -0.1) is 0 Å². The van der Waals surface area contributed by atoms with Crippen molar-refractivity contribution in [2.24, 2.45) is 4.99 Å². The Kier molecular flexibility index (Phi) is 5.24. The number of nitrogens with one attached hydrogen (secondary N) is 2. The largest absolute Gasteiger partial charge is 0.497 e. The molecule has 0 fully saturated rings. The number of benzene rings is 2. The summed E-state index contributed by atoms with van der Waals surface area (Å²) < 4.78 is 5.15. The number of aromatic nitrogens is 2. The van der Waals surface area contributed by atoms with Crippen molar-refractivity contribution in [2.75, 3.05) is 19.0 Å². The van der Waals surface area contributed by atoms with Gasteiger partial charge < -0.3 is 15.0 Å². The quantitative estimate of drug-likeness (QED) is 0.514. The van der Waals surface area contributed by atoms with Gasteiger partial charge in [-0.25, -0.2) is 4.98 Å². The third-order valence-corrected chi connectivity index (χ3v) is 3.71. The van der Waals surface area contributed by atoms with E-state index in [9.17, 15) is 0 Å². The minimum atomic E-state index is 0.742. The normalized spacial score (nSPS) is 10.9. The van der Waals surface area contributed by atoms with Crippen LogP contribution in [0.5, 0.6) is 5.75 Å². The summed E-state index contributed by atoms with van der Waals surface area (Å²) in [6, 6.07) is 16.2. The van der Waals surface area contributed by atoms with E-state index in [0.717, 1.165) is 35.7 Å². The van der Waals surface area contributed by atoms with Crippen molar-refractivity contribution in [3.8, 4) is 17.0 Å². The highest BCUT2D eigenvalue weighted by atomic mass is 16.5. The molecule has 0 amide bonds. The summed E-state index contributed by atoms with van der Waals surface area (Å²) in [5.74, 6) is 0.877. The van der Waals surface area contributed by atoms with E-state index in [2.05, 4.69) is 32.4 Å². The van der Waals surface area contributed by atoms with E-state index in [-0.39, 0.29) is 0 Å². The number of hydrogen-bond donors (Lipinski definition) is 2. The summed E-state index contributed by atoms with van der Waals surface area (Å²) in [6.45, 7) is 0.742. The SMILES string of the molecule is COc1ccc(CCN=CNc2ccc(-c3cnc[nH]3)cc2)cc1. The van der Waals surface area contributed by atoms with Gasteiger partial charge in [0.05, 0.1) is 31.7 Å². The van der Waals surface area contributed by atoms with E-state index < -0.39 is 0 Å². The van der Waals surface area contributed by atoms with Gasteiger partial charge in [0.1, 0.15) is 5.75 Å². The number of nitrogens with zero attached hydrogens (tertiary/aromatic N) is 2. The van der Waals surface area contributed by atoms with E-state index >= 15 is 0 Å². The first-order valence-electron chi connectivity index (χ1n) is 7.82. The Labute approximate surface area is 141 Å². The van der Waals surface area contributed by atoms with Crippen LogP contribution in [0.2, 0.25) is 0 Å². The molecule has 1 aromatic heterocycles. The van der Waals surface area contributed by atoms with Gasteiger partial charge in [0.2, 0.25) is 0 Å². The molecular weight excluding hydrogens is 300 g/mol. The smallest absolute Gasteiger partial charge is 0.118 e. The van der Waals surface area contributed by atoms with Gasteiger partial charge in [-0.2, -0.15) is 0 Å². The number of hydrogen-bond acceptors (Lipinski definition) is 3. The first-order chi connectivity index (χ1) is 11.8. The predicted octanol–water partition coefficient (Wildman–Crippen LogP) is 3.77. The molecule has 2 aromatic carbocycles. The molecule has 122 valence electrons. The van der Waals surface area contributed by atoms with Crippen LogP contribution in [0.4, 0.5) is 5.69 Å². The van der Waals surface area contributed by atoms with Crippen LogP contribution in [0, 0.1) is 0 Å². The van der Waals surface area contributed by atoms with Crippen LogP contribution >= 0.6 is 0 Å². The zero-order valence-corrected chi connectivity index (χ0v) is 13.6. The lowest BCUT2D eigenvalue weighted by Crippen LogP contribution is -1.97. The van der Waals surface area contributed by atoms with Crippen molar-refractivity contribution < 1.29 is 4.74 Å². The third kappa shape index (κ3) is 4.23. The van der Waals surface area contributed by atoms with Gasteiger partial charge in [0.25, 0.3) is 0 Å². The van der Waals surface area contributed by atoms with Gasteiger partial charge in [-0.3, -0.25) is 4.99 Å². The number of rotatable bonds is 7. The second-order valence-corrected chi connectivity index (χ2v) is 5.32. The number of methoxy groups -OCH3 is 1. The Balaban J connectivity index is 1.45. The fourth-order valence-corrected chi connectivity index (χ4v) is 2.33. The number of imidazole rings is 1. The van der Waals surface area contributed by atoms with Crippen molar-refractivity contribution >= 4 is 12.0 Å². The van der Waals surface area contributed by atoms with E-state index in [0.29, 0.717) is 0 Å². The van der Waals surface area contributed by atoms with Crippen molar-refractivity contribution in [3.63, 3.8) is 0 Å². The molecule has 0 unspecified atom stereocenters. The minimum absolute atomic E-state index is 0.742. The molecule has 24 heavy (non-hydrogen) atoms. The zero-order valence-electron chi connectivity index (χ0n) is 13.6. The standard InChI is InChI=1S/C19H20N4O/c1-24-18-8-2-15(3-9-18)10-11-20-13-22-17-6-4-16(5-7-17)19-12-21-14-23-19/h2-9,12-14H,10-11H2,1H3,(H,20,22)(H,21,23). The molecule has 0 aliphatic heterocycles. The van der Waals surface area contributed by atoms with Gasteiger partial charge in [0.15, 0.2) is 0 Å². The first-order valence-corrected chi connectivity index (χ1v) is 7.82. The fourth-order valence-electron chi connectivity index (χ4n) is 2.33. The molecule has 3 rings (SSSR count). The summed E-state index contributed by atoms with van der Waals surface area (Å²) in [5, 5.41) is 3.18. The van der Waals surface area contributed by atoms with Crippen LogP contribution in [0.15, 0.2) is 66.0 Å². The molecule has 0 saturated heterocycles. The Morgan fingerprint density at radius 2 is 1.92 bits per heavy atom. The van der Waals surface area contributed by atoms with Gasteiger partial charge >= 0.3 is 0 Å². The highest BCUT2D eigenvalue weighted by molar-refractivity contribution is 5.76. The van der Waals surface area contributed by atoms with Crippen LogP contribution in [-0.2, 0) is 6.42 Å². The van der Waals surface area contributed by atoms with Gasteiger partial charge in [0, 0.05) is 12.2 Å². The van der Waals surface area contributed by atoms with E-state index in [1.54, 1.807) is 19.8 Å². The number of anilines is 1. The second-order valence-electron chi connectivity index (χ2n) is 5.32. The summed E-state index contributed by atoms with van der Waals surface area (Å²) in [4.78, 5) is 11.5. The number of ether oxygens (including phenoxy) is 1. The van der Waals surface area contributed by atoms with Gasteiger partial charge in [-0.05, 0) is 41.8 Å². The average Bonchev–Trinajstić information content (AvgIpc) is 3.17. The molecule has 0 saturated carbocycles. The van der Waals surface area contributed by atoms with Crippen molar-refractivity contribution in [1.82, 2.24) is 9.97 Å². The average molecular weight is 320 g/mol. The van der Waals surface area contributed by atoms with Crippen molar-refractivity contribution in [3.05, 3.63) is 66.6 Å². The second kappa shape index (κ2) is 7.97. The summed E-state index contributed by atoms with van der Waals surface area (Å²) in [5.41, 5.74) is 4.37. The number of H-pyrrole nitrogens is 1. The van der Waals surface area contributed by atoms with Crippen LogP contribution in [0.1, 0.15) is 5.56 Å². The number of aliphatic imine (C=N–C) groups is 1. The lowest BCUT2D eigenvalue weighted by molar-refractivity contribution is 0.414. The minimum Gasteiger partial charge on any atom is -0.497 e. The molecule has 3 aromatic rings. The summed E-state index contributed by atoms with van der Waals surface area (Å²) in [7, 11) is 1.67. The molecular formula is C19H20N4O. The summed E-state index contributed by atoms with van der Waals surface area (Å²) in [6.07, 6.45) is 6.13. The molecule has 5 nitrogen and oxygen atoms in total. The van der Waals surface area contributed by atoms with Gasteiger partial charge in [-0.1, -0.05) is 24.3 Å². The van der Waals surface area contributed by atoms with Crippen LogP contribution in [-0.4, -0.2) is 30.0 Å². The summed E-state index contributed by atoms with van der Waals surface area (Å²) >= 11 is 0. The molecule has 0 bridgehead atoms. The molecule has 0 aliphatic rings. The number of aromatic amines is 1. The molecule has 5 heteroatoms. The van der Waals surface area contributed by atoms with E-state index in [1.165, 1.54) is 5.56 Å². The van der Waals surface area contributed by atoms with Crippen molar-refractivity contribution in [2.45, 2.75) is 6.42 Å². The molecule has 1 heterocycles. The molecule has 0 aliphatic carbocycles. The third-order valence-electron chi connectivity index (χ3n) is 3.71. The molecule has 0 spiro atoms.